The molecule has 7 heteroatoms. The molecule has 2 aromatic carbocycles. The fourth-order valence-electron chi connectivity index (χ4n) is 3.42. The highest BCUT2D eigenvalue weighted by atomic mass is 35.5. The van der Waals surface area contributed by atoms with Crippen LogP contribution in [0.3, 0.4) is 0 Å². The number of hydrogen-bond acceptors (Lipinski definition) is 4. The zero-order valence-corrected chi connectivity index (χ0v) is 17.4. The number of fused-ring (bicyclic) bond motifs is 2. The second-order valence-corrected chi connectivity index (χ2v) is 7.57. The maximum Gasteiger partial charge on any atom is 0.339 e. The average molecular weight is 425 g/mol. The predicted molar refractivity (Wildman–Crippen MR) is 117 cm³/mol. The number of nitrogens with one attached hydrogen (secondary N) is 2. The van der Waals surface area contributed by atoms with Gasteiger partial charge in [-0.3, -0.25) is 4.79 Å². The minimum absolute atomic E-state index is 0.186. The lowest BCUT2D eigenvalue weighted by Gasteiger charge is -2.11. The first kappa shape index (κ1) is 20.0. The maximum atomic E-state index is 12.2. The number of para-hydroxylation sites is 1. The Balaban J connectivity index is 1.37. The third kappa shape index (κ3) is 3.91. The molecule has 0 fully saturated rings. The van der Waals surface area contributed by atoms with Gasteiger partial charge in [-0.2, -0.15) is 0 Å². The molecule has 0 saturated carbocycles. The van der Waals surface area contributed by atoms with Gasteiger partial charge in [0.1, 0.15) is 11.3 Å². The fourth-order valence-corrected chi connectivity index (χ4v) is 3.64. The van der Waals surface area contributed by atoms with Crippen molar-refractivity contribution < 1.29 is 13.9 Å². The summed E-state index contributed by atoms with van der Waals surface area (Å²) in [6.07, 6.45) is 2.66. The van der Waals surface area contributed by atoms with E-state index >= 15 is 0 Å². The van der Waals surface area contributed by atoms with E-state index in [1.54, 1.807) is 19.1 Å². The summed E-state index contributed by atoms with van der Waals surface area (Å²) in [6, 6.07) is 11.3. The van der Waals surface area contributed by atoms with Crippen LogP contribution in [0.15, 0.2) is 51.8 Å². The molecule has 2 heterocycles. The highest BCUT2D eigenvalue weighted by Crippen LogP contribution is 2.31. The summed E-state index contributed by atoms with van der Waals surface area (Å²) in [6.45, 7) is 3.85. The van der Waals surface area contributed by atoms with E-state index in [2.05, 4.69) is 16.4 Å². The molecule has 4 rings (SSSR count). The SMILES string of the molecule is Cc1c(C)c2cc(Cl)c(OCC(=O)NCCc3c[nH]c4ccccc34)cc2oc1=O. The summed E-state index contributed by atoms with van der Waals surface area (Å²) < 4.78 is 10.9. The van der Waals surface area contributed by atoms with Crippen LogP contribution in [0.4, 0.5) is 0 Å². The number of ether oxygens (including phenoxy) is 1. The Kier molecular flexibility index (Phi) is 5.50. The number of hydrogen-bond donors (Lipinski definition) is 2. The molecule has 6 nitrogen and oxygen atoms in total. The van der Waals surface area contributed by atoms with Gasteiger partial charge < -0.3 is 19.5 Å². The Morgan fingerprint density at radius 1 is 1.17 bits per heavy atom. The summed E-state index contributed by atoms with van der Waals surface area (Å²) in [7, 11) is 0. The monoisotopic (exact) mass is 424 g/mol. The minimum atomic E-state index is -0.400. The smallest absolute Gasteiger partial charge is 0.339 e. The molecule has 0 spiro atoms. The van der Waals surface area contributed by atoms with Gasteiger partial charge in [0.2, 0.25) is 0 Å². The molecule has 0 radical (unpaired) electrons. The van der Waals surface area contributed by atoms with E-state index in [9.17, 15) is 9.59 Å². The van der Waals surface area contributed by atoms with Crippen molar-refractivity contribution >= 4 is 39.4 Å². The summed E-state index contributed by atoms with van der Waals surface area (Å²) in [5.41, 5.74) is 3.55. The Hall–Kier alpha value is -3.25. The number of carbonyl (C=O) groups excluding carboxylic acids is 1. The van der Waals surface area contributed by atoms with Gasteiger partial charge in [-0.1, -0.05) is 29.8 Å². The number of benzene rings is 2. The van der Waals surface area contributed by atoms with Gasteiger partial charge in [-0.05, 0) is 43.5 Å². The molecule has 0 atom stereocenters. The van der Waals surface area contributed by atoms with Gasteiger partial charge >= 0.3 is 5.63 Å². The van der Waals surface area contributed by atoms with Crippen LogP contribution >= 0.6 is 11.6 Å². The van der Waals surface area contributed by atoms with Crippen molar-refractivity contribution in [3.63, 3.8) is 0 Å². The number of H-pyrrole nitrogens is 1. The first-order chi connectivity index (χ1) is 14.4. The van der Waals surface area contributed by atoms with Gasteiger partial charge in [-0.15, -0.1) is 0 Å². The number of halogens is 1. The highest BCUT2D eigenvalue weighted by molar-refractivity contribution is 6.32. The molecule has 0 aliphatic rings. The third-order valence-electron chi connectivity index (χ3n) is 5.26. The lowest BCUT2D eigenvalue weighted by molar-refractivity contribution is -0.123. The van der Waals surface area contributed by atoms with E-state index in [1.807, 2.05) is 31.3 Å². The second kappa shape index (κ2) is 8.24. The molecule has 154 valence electrons. The molecule has 30 heavy (non-hydrogen) atoms. The van der Waals surface area contributed by atoms with E-state index in [4.69, 9.17) is 20.8 Å². The lowest BCUT2D eigenvalue weighted by Crippen LogP contribution is -2.30. The molecule has 1 amide bonds. The van der Waals surface area contributed by atoms with E-state index in [0.717, 1.165) is 27.4 Å². The van der Waals surface area contributed by atoms with Gasteiger partial charge in [0.25, 0.3) is 5.91 Å². The quantitative estimate of drug-likeness (QED) is 0.452. The Labute approximate surface area is 177 Å². The summed E-state index contributed by atoms with van der Waals surface area (Å²) in [5.74, 6) is 0.0369. The van der Waals surface area contributed by atoms with E-state index in [0.29, 0.717) is 34.9 Å². The van der Waals surface area contributed by atoms with Gasteiger partial charge in [0.05, 0.1) is 5.02 Å². The van der Waals surface area contributed by atoms with Crippen molar-refractivity contribution in [2.45, 2.75) is 20.3 Å². The van der Waals surface area contributed by atoms with Crippen LogP contribution in [0.5, 0.6) is 5.75 Å². The number of amides is 1. The van der Waals surface area contributed by atoms with Crippen molar-refractivity contribution in [1.29, 1.82) is 0 Å². The van der Waals surface area contributed by atoms with Crippen molar-refractivity contribution in [3.05, 3.63) is 74.7 Å². The highest BCUT2D eigenvalue weighted by Gasteiger charge is 2.13. The molecule has 0 aliphatic carbocycles. The first-order valence-corrected chi connectivity index (χ1v) is 10.00. The van der Waals surface area contributed by atoms with E-state index < -0.39 is 5.63 Å². The topological polar surface area (TPSA) is 84.3 Å². The van der Waals surface area contributed by atoms with Crippen LogP contribution in [0.25, 0.3) is 21.9 Å². The standard InChI is InChI=1S/C23H21ClN2O4/c1-13-14(2)23(28)30-20-10-21(18(24)9-17(13)20)29-12-22(27)25-8-7-15-11-26-19-6-4-3-5-16(15)19/h3-6,9-11,26H,7-8,12H2,1-2H3,(H,25,27). The molecule has 2 N–H and O–H groups in total. The molecule has 4 aromatic rings. The largest absolute Gasteiger partial charge is 0.482 e. The Morgan fingerprint density at radius 2 is 1.97 bits per heavy atom. The summed E-state index contributed by atoms with van der Waals surface area (Å²) in [5, 5.41) is 5.09. The van der Waals surface area contributed by atoms with E-state index in [-0.39, 0.29) is 12.5 Å². The summed E-state index contributed by atoms with van der Waals surface area (Å²) in [4.78, 5) is 27.3. The van der Waals surface area contributed by atoms with Crippen molar-refractivity contribution in [2.75, 3.05) is 13.2 Å². The normalized spacial score (nSPS) is 11.2. The predicted octanol–water partition coefficient (Wildman–Crippen LogP) is 4.28. The minimum Gasteiger partial charge on any atom is -0.482 e. The Morgan fingerprint density at radius 3 is 2.80 bits per heavy atom. The first-order valence-electron chi connectivity index (χ1n) is 9.62. The molecule has 0 unspecified atom stereocenters. The number of aromatic nitrogens is 1. The molecule has 0 bridgehead atoms. The van der Waals surface area contributed by atoms with Crippen molar-refractivity contribution in [3.8, 4) is 5.75 Å². The van der Waals surface area contributed by atoms with Gasteiger partial charge in [-0.25, -0.2) is 4.79 Å². The van der Waals surface area contributed by atoms with Crippen LogP contribution in [0.2, 0.25) is 5.02 Å². The van der Waals surface area contributed by atoms with E-state index in [1.165, 1.54) is 0 Å². The molecular formula is C23H21ClN2O4. The lowest BCUT2D eigenvalue weighted by atomic mass is 10.1. The molecule has 2 aromatic heterocycles. The van der Waals surface area contributed by atoms with Crippen LogP contribution in [0, 0.1) is 13.8 Å². The van der Waals surface area contributed by atoms with Crippen molar-refractivity contribution in [1.82, 2.24) is 10.3 Å². The fraction of sp³-hybridized carbons (Fsp3) is 0.217. The van der Waals surface area contributed by atoms with Gasteiger partial charge in [0, 0.05) is 40.7 Å². The zero-order valence-electron chi connectivity index (χ0n) is 16.7. The van der Waals surface area contributed by atoms with Gasteiger partial charge in [0.15, 0.2) is 6.61 Å². The van der Waals surface area contributed by atoms with Crippen LogP contribution in [-0.2, 0) is 11.2 Å². The average Bonchev–Trinajstić information content (AvgIpc) is 3.15. The number of carbonyl (C=O) groups is 1. The van der Waals surface area contributed by atoms with Crippen molar-refractivity contribution in [2.24, 2.45) is 0 Å². The Bertz CT molecular complexity index is 1310. The summed E-state index contributed by atoms with van der Waals surface area (Å²) >= 11 is 6.30. The molecule has 0 saturated heterocycles. The molecular weight excluding hydrogens is 404 g/mol. The number of aryl methyl sites for hydroxylation is 1. The maximum absolute atomic E-state index is 12.2. The second-order valence-electron chi connectivity index (χ2n) is 7.17. The zero-order chi connectivity index (χ0) is 21.3. The number of rotatable bonds is 6. The van der Waals surface area contributed by atoms with Crippen LogP contribution < -0.4 is 15.7 Å². The number of aromatic amines is 1. The van der Waals surface area contributed by atoms with Crippen LogP contribution in [-0.4, -0.2) is 24.0 Å². The molecule has 0 aliphatic heterocycles. The van der Waals surface area contributed by atoms with Crippen LogP contribution in [0.1, 0.15) is 16.7 Å². The third-order valence-corrected chi connectivity index (χ3v) is 5.56.